The van der Waals surface area contributed by atoms with Gasteiger partial charge in [-0.3, -0.25) is 9.05 Å². The third-order valence-electron chi connectivity index (χ3n) is 2.14. The summed E-state index contributed by atoms with van der Waals surface area (Å²) in [7, 11) is -6.50. The molecule has 0 bridgehead atoms. The Morgan fingerprint density at radius 2 is 2.06 bits per heavy atom. The molecule has 0 amide bonds. The predicted octanol–water partition coefficient (Wildman–Crippen LogP) is 2.33. The Labute approximate surface area is 99.8 Å². The van der Waals surface area contributed by atoms with Gasteiger partial charge in [-0.25, -0.2) is 8.88 Å². The van der Waals surface area contributed by atoms with Crippen molar-refractivity contribution in [2.24, 2.45) is 0 Å². The van der Waals surface area contributed by atoms with Crippen LogP contribution in [0, 0.1) is 0 Å². The van der Waals surface area contributed by atoms with Crippen LogP contribution in [0.15, 0.2) is 30.3 Å². The monoisotopic (exact) mass is 278 g/mol. The van der Waals surface area contributed by atoms with E-state index in [2.05, 4.69) is 8.83 Å². The molecule has 2 rings (SSSR count). The quantitative estimate of drug-likeness (QED) is 0.825. The first-order chi connectivity index (χ1) is 8.05. The second-order valence-corrected chi connectivity index (χ2v) is 5.94. The number of benzene rings is 1. The molecular weight excluding hydrogens is 266 g/mol. The van der Waals surface area contributed by atoms with Crippen LogP contribution in [-0.4, -0.2) is 16.1 Å². The first-order valence-electron chi connectivity index (χ1n) is 4.96. The highest BCUT2D eigenvalue weighted by Gasteiger charge is 2.38. The first kappa shape index (κ1) is 13.1. The van der Waals surface area contributed by atoms with E-state index in [0.29, 0.717) is 12.8 Å². The fourth-order valence-electron chi connectivity index (χ4n) is 1.43. The molecule has 0 saturated carbocycles. The molecule has 3 atom stereocenters. The van der Waals surface area contributed by atoms with E-state index in [-0.39, 0.29) is 0 Å². The van der Waals surface area contributed by atoms with Crippen molar-refractivity contribution in [3.05, 3.63) is 35.9 Å². The van der Waals surface area contributed by atoms with Crippen molar-refractivity contribution >= 4 is 16.4 Å². The summed E-state index contributed by atoms with van der Waals surface area (Å²) in [6.45, 7) is 0. The van der Waals surface area contributed by atoms with E-state index in [1.165, 1.54) is 0 Å². The molecule has 94 valence electrons. The van der Waals surface area contributed by atoms with Crippen LogP contribution in [0.1, 0.15) is 12.0 Å². The maximum atomic E-state index is 11.2. The Balaban J connectivity index is 1.89. The topological polar surface area (TPSA) is 85.2 Å². The zero-order valence-electron chi connectivity index (χ0n) is 8.80. The summed E-state index contributed by atoms with van der Waals surface area (Å²) in [6.07, 6.45) is 0.0716. The van der Waals surface area contributed by atoms with Crippen LogP contribution in [0.5, 0.6) is 0 Å². The van der Waals surface area contributed by atoms with Gasteiger partial charge < -0.3 is 9.79 Å². The fourth-order valence-corrected chi connectivity index (χ4v) is 3.31. The molecule has 1 saturated heterocycles. The molecule has 1 heterocycles. The van der Waals surface area contributed by atoms with Crippen LogP contribution in [0.4, 0.5) is 0 Å². The Hall–Kier alpha value is -0.320. The van der Waals surface area contributed by atoms with Gasteiger partial charge in [-0.15, -0.1) is 0 Å². The third kappa shape index (κ3) is 4.12. The van der Waals surface area contributed by atoms with E-state index in [4.69, 9.17) is 14.3 Å². The average Bonchev–Trinajstić information content (AvgIpc) is 2.25. The number of aryl methyl sites for hydroxylation is 1. The van der Waals surface area contributed by atoms with Crippen LogP contribution in [-0.2, 0) is 24.3 Å². The fraction of sp³-hybridized carbons (Fsp3) is 0.333. The van der Waals surface area contributed by atoms with Gasteiger partial charge in [0.1, 0.15) is 0 Å². The Kier molecular flexibility index (Phi) is 4.28. The van der Waals surface area contributed by atoms with Crippen molar-refractivity contribution in [3.63, 3.8) is 0 Å². The van der Waals surface area contributed by atoms with Crippen molar-refractivity contribution in [2.45, 2.75) is 19.1 Å². The lowest BCUT2D eigenvalue weighted by atomic mass is 10.1. The highest BCUT2D eigenvalue weighted by atomic mass is 31.3. The minimum absolute atomic E-state index is 0.372. The van der Waals surface area contributed by atoms with E-state index < -0.39 is 22.7 Å². The summed E-state index contributed by atoms with van der Waals surface area (Å²) < 4.78 is 25.0. The minimum Gasteiger partial charge on any atom is -0.328 e. The Morgan fingerprint density at radius 3 is 2.71 bits per heavy atom. The number of rotatable bonds is 3. The summed E-state index contributed by atoms with van der Waals surface area (Å²) in [5.41, 5.74) is 1.06. The smallest absolute Gasteiger partial charge is 0.328 e. The van der Waals surface area contributed by atoms with Gasteiger partial charge in [0, 0.05) is 6.42 Å². The van der Waals surface area contributed by atoms with Crippen LogP contribution < -0.4 is 0 Å². The van der Waals surface area contributed by atoms with Gasteiger partial charge in [0.2, 0.25) is 0 Å². The van der Waals surface area contributed by atoms with Crippen molar-refractivity contribution in [1.82, 2.24) is 0 Å². The molecule has 1 aliphatic rings. The van der Waals surface area contributed by atoms with Crippen LogP contribution in [0.2, 0.25) is 0 Å². The van der Waals surface area contributed by atoms with Crippen LogP contribution in [0.3, 0.4) is 0 Å². The van der Waals surface area contributed by atoms with Gasteiger partial charge in [-0.1, -0.05) is 30.3 Å². The molecule has 1 aromatic carbocycles. The molecular formula is C9H12O6P2. The normalized spacial score (nSPS) is 33.5. The van der Waals surface area contributed by atoms with E-state index in [0.717, 1.165) is 5.56 Å². The molecule has 0 aliphatic carbocycles. The van der Waals surface area contributed by atoms with Gasteiger partial charge in [-0.2, -0.15) is 0 Å². The van der Waals surface area contributed by atoms with Crippen molar-refractivity contribution in [2.75, 3.05) is 0 Å². The molecule has 3 unspecified atom stereocenters. The van der Waals surface area contributed by atoms with Crippen LogP contribution in [0.25, 0.3) is 0 Å². The number of phosphoric acid groups is 1. The van der Waals surface area contributed by atoms with Crippen LogP contribution >= 0.6 is 16.4 Å². The van der Waals surface area contributed by atoms with Gasteiger partial charge in [0.25, 0.3) is 0 Å². The summed E-state index contributed by atoms with van der Waals surface area (Å²) in [5, 5.41) is 0. The largest absolute Gasteiger partial charge is 0.481 e. The zero-order valence-corrected chi connectivity index (χ0v) is 10.6. The highest BCUT2D eigenvalue weighted by Crippen LogP contribution is 2.61. The minimum atomic E-state index is -4.17. The number of phosphoric ester groups is 1. The molecule has 6 nitrogen and oxygen atoms in total. The van der Waals surface area contributed by atoms with Crippen molar-refractivity contribution < 1.29 is 27.7 Å². The molecule has 0 spiro atoms. The van der Waals surface area contributed by atoms with E-state index in [9.17, 15) is 4.57 Å². The summed E-state index contributed by atoms with van der Waals surface area (Å²) >= 11 is 0. The molecule has 1 aliphatic heterocycles. The summed E-state index contributed by atoms with van der Waals surface area (Å²) in [4.78, 5) is 18.2. The lowest BCUT2D eigenvalue weighted by Gasteiger charge is -2.27. The SMILES string of the molecule is O=P1(O)OC(CCc2ccccc2)OP(O)O1. The van der Waals surface area contributed by atoms with E-state index in [1.807, 2.05) is 30.3 Å². The van der Waals surface area contributed by atoms with Gasteiger partial charge in [0.05, 0.1) is 0 Å². The highest BCUT2D eigenvalue weighted by molar-refractivity contribution is 7.58. The Morgan fingerprint density at radius 1 is 1.35 bits per heavy atom. The molecule has 2 N–H and O–H groups in total. The maximum absolute atomic E-state index is 11.2. The molecule has 17 heavy (non-hydrogen) atoms. The number of hydrogen-bond acceptors (Lipinski definition) is 5. The van der Waals surface area contributed by atoms with E-state index in [1.54, 1.807) is 0 Å². The van der Waals surface area contributed by atoms with Gasteiger partial charge in [-0.05, 0) is 12.0 Å². The van der Waals surface area contributed by atoms with E-state index >= 15 is 0 Å². The average molecular weight is 278 g/mol. The molecule has 1 aromatic rings. The van der Waals surface area contributed by atoms with Gasteiger partial charge in [0.15, 0.2) is 6.29 Å². The standard InChI is InChI=1S/C9H12O6P2/c10-16-13-9(14-17(11,12)15-16)7-6-8-4-2-1-3-5-8/h1-5,9-10H,6-7H2,(H,11,12). The maximum Gasteiger partial charge on any atom is 0.481 e. The summed E-state index contributed by atoms with van der Waals surface area (Å²) in [6, 6.07) is 9.56. The predicted molar refractivity (Wildman–Crippen MR) is 60.8 cm³/mol. The lowest BCUT2D eigenvalue weighted by molar-refractivity contribution is -0.0494. The molecule has 0 aromatic heterocycles. The summed E-state index contributed by atoms with van der Waals surface area (Å²) in [5.74, 6) is 0. The molecule has 0 radical (unpaired) electrons. The molecule has 8 heteroatoms. The van der Waals surface area contributed by atoms with Crippen molar-refractivity contribution in [3.8, 4) is 0 Å². The second-order valence-electron chi connectivity index (χ2n) is 3.45. The number of hydrogen-bond donors (Lipinski definition) is 2. The lowest BCUT2D eigenvalue weighted by Crippen LogP contribution is -2.19. The van der Waals surface area contributed by atoms with Crippen molar-refractivity contribution in [1.29, 1.82) is 0 Å². The third-order valence-corrected chi connectivity index (χ3v) is 4.44. The zero-order chi connectivity index (χ0) is 12.3. The Bertz CT molecular complexity index is 411. The first-order valence-corrected chi connectivity index (χ1v) is 7.58. The van der Waals surface area contributed by atoms with Gasteiger partial charge >= 0.3 is 16.4 Å². The molecule has 1 fully saturated rings. The second kappa shape index (κ2) is 5.55.